The average Bonchev–Trinajstić information content (AvgIpc) is 3.39. The molecular formula is C60H54N6O3. The lowest BCUT2D eigenvalue weighted by molar-refractivity contribution is 0.305. The van der Waals surface area contributed by atoms with Crippen molar-refractivity contribution in [2.24, 2.45) is 0 Å². The maximum absolute atomic E-state index is 6.32. The Kier molecular flexibility index (Phi) is 13.3. The monoisotopic (exact) mass is 906 g/mol. The Labute approximate surface area is 403 Å². The van der Waals surface area contributed by atoms with Crippen LogP contribution in [0.3, 0.4) is 0 Å². The van der Waals surface area contributed by atoms with E-state index in [1.54, 1.807) is 0 Å². The van der Waals surface area contributed by atoms with E-state index in [1.165, 1.54) is 33.4 Å². The van der Waals surface area contributed by atoms with Gasteiger partial charge in [-0.25, -0.2) is 15.0 Å². The number of nitrogens with zero attached hydrogens (tertiary/aromatic N) is 3. The van der Waals surface area contributed by atoms with Crippen molar-refractivity contribution in [3.05, 3.63) is 232 Å². The van der Waals surface area contributed by atoms with Crippen LogP contribution in [0, 0.1) is 20.8 Å². The molecule has 0 atom stereocenters. The predicted molar refractivity (Wildman–Crippen MR) is 280 cm³/mol. The summed E-state index contributed by atoms with van der Waals surface area (Å²) in [6.45, 7) is 9.46. The van der Waals surface area contributed by atoms with Crippen molar-refractivity contribution in [2.45, 2.75) is 60.2 Å². The molecule has 0 unspecified atom stereocenters. The highest BCUT2D eigenvalue weighted by Gasteiger charge is 2.18. The molecule has 0 radical (unpaired) electrons. The SMILES string of the molecule is Cc1c(CNc2cccc(COc3cccc4ccccc34)n2)c(C)c(CNc2cccc(COc3cccc4ccccc34)n2)c(C)c1CNc1cccc(COc2cccc3ccccc23)n1. The zero-order chi connectivity index (χ0) is 46.9. The Bertz CT molecular complexity index is 3030. The molecule has 69 heavy (non-hydrogen) atoms. The van der Waals surface area contributed by atoms with Crippen molar-refractivity contribution in [3.63, 3.8) is 0 Å². The van der Waals surface area contributed by atoms with E-state index in [4.69, 9.17) is 29.2 Å². The molecule has 10 rings (SSSR count). The summed E-state index contributed by atoms with van der Waals surface area (Å²) in [7, 11) is 0. The number of rotatable bonds is 18. The fourth-order valence-electron chi connectivity index (χ4n) is 9.12. The minimum atomic E-state index is 0.354. The van der Waals surface area contributed by atoms with Crippen molar-refractivity contribution in [1.29, 1.82) is 0 Å². The van der Waals surface area contributed by atoms with Crippen LogP contribution in [-0.4, -0.2) is 15.0 Å². The lowest BCUT2D eigenvalue weighted by atomic mass is 9.87. The molecule has 0 saturated carbocycles. The van der Waals surface area contributed by atoms with E-state index in [-0.39, 0.29) is 0 Å². The molecular weight excluding hydrogens is 853 g/mol. The predicted octanol–water partition coefficient (Wildman–Crippen LogP) is 13.8. The van der Waals surface area contributed by atoms with Crippen LogP contribution >= 0.6 is 0 Å². The van der Waals surface area contributed by atoms with Gasteiger partial charge in [0.2, 0.25) is 0 Å². The first kappa shape index (κ1) is 44.4. The first-order valence-electron chi connectivity index (χ1n) is 23.4. The highest BCUT2D eigenvalue weighted by atomic mass is 16.5. The minimum absolute atomic E-state index is 0.354. The van der Waals surface area contributed by atoms with Crippen LogP contribution in [0.25, 0.3) is 32.3 Å². The van der Waals surface area contributed by atoms with Crippen LogP contribution in [0.15, 0.2) is 182 Å². The smallest absolute Gasteiger partial charge is 0.130 e. The summed E-state index contributed by atoms with van der Waals surface area (Å²) in [5.74, 6) is 4.88. The Balaban J connectivity index is 0.875. The van der Waals surface area contributed by atoms with Crippen molar-refractivity contribution < 1.29 is 14.2 Å². The Morgan fingerprint density at radius 1 is 0.319 bits per heavy atom. The van der Waals surface area contributed by atoms with Gasteiger partial charge in [-0.15, -0.1) is 0 Å². The number of fused-ring (bicyclic) bond motifs is 3. The van der Waals surface area contributed by atoms with Gasteiger partial charge in [0.15, 0.2) is 0 Å². The summed E-state index contributed by atoms with van der Waals surface area (Å²) >= 11 is 0. The van der Waals surface area contributed by atoms with Crippen LogP contribution in [0.4, 0.5) is 17.5 Å². The molecule has 342 valence electrons. The average molecular weight is 907 g/mol. The fourth-order valence-corrected chi connectivity index (χ4v) is 9.12. The number of anilines is 3. The molecule has 0 aliphatic rings. The van der Waals surface area contributed by atoms with Gasteiger partial charge in [-0.1, -0.05) is 127 Å². The Hall–Kier alpha value is -8.43. The molecule has 10 aromatic rings. The second-order valence-electron chi connectivity index (χ2n) is 17.2. The quantitative estimate of drug-likeness (QED) is 0.0777. The van der Waals surface area contributed by atoms with E-state index in [9.17, 15) is 0 Å². The summed E-state index contributed by atoms with van der Waals surface area (Å²) in [5, 5.41) is 17.7. The number of hydrogen-bond acceptors (Lipinski definition) is 9. The molecule has 9 nitrogen and oxygen atoms in total. The van der Waals surface area contributed by atoms with E-state index < -0.39 is 0 Å². The van der Waals surface area contributed by atoms with Gasteiger partial charge >= 0.3 is 0 Å². The van der Waals surface area contributed by atoms with E-state index in [2.05, 4.69) is 91.3 Å². The zero-order valence-electron chi connectivity index (χ0n) is 39.1. The molecule has 0 fully saturated rings. The maximum atomic E-state index is 6.32. The molecule has 3 heterocycles. The molecule has 0 saturated heterocycles. The van der Waals surface area contributed by atoms with Gasteiger partial charge < -0.3 is 30.2 Å². The summed E-state index contributed by atoms with van der Waals surface area (Å²) in [6, 6.07) is 61.3. The molecule has 3 N–H and O–H groups in total. The summed E-state index contributed by atoms with van der Waals surface area (Å²) < 4.78 is 19.0. The summed E-state index contributed by atoms with van der Waals surface area (Å²) in [4.78, 5) is 14.9. The Morgan fingerprint density at radius 3 is 0.913 bits per heavy atom. The minimum Gasteiger partial charge on any atom is -0.487 e. The number of aromatic nitrogens is 3. The van der Waals surface area contributed by atoms with E-state index in [1.807, 2.05) is 127 Å². The number of nitrogens with one attached hydrogen (secondary N) is 3. The van der Waals surface area contributed by atoms with Gasteiger partial charge in [0.25, 0.3) is 0 Å². The number of ether oxygens (including phenoxy) is 3. The normalized spacial score (nSPS) is 11.2. The highest BCUT2D eigenvalue weighted by Crippen LogP contribution is 2.32. The standard InChI is InChI=1S/C60H54N6O3/c1-40-52(34-61-58-31-13-22-46(64-58)37-67-55-28-10-19-43-16-4-7-25-49(43)55)41(2)54(36-63-60-33-15-24-48(66-60)39-69-57-30-12-21-45-18-6-9-27-51(45)57)42(3)53(40)35-62-59-32-14-23-47(65-59)38-68-56-29-11-20-44-17-5-8-26-50(44)56/h4-33H,34-39H2,1-3H3,(H,61,64)(H,62,65)(H,63,66). The highest BCUT2D eigenvalue weighted by molar-refractivity contribution is 5.89. The third kappa shape index (κ3) is 10.3. The van der Waals surface area contributed by atoms with Gasteiger partial charge in [-0.3, -0.25) is 0 Å². The third-order valence-corrected chi connectivity index (χ3v) is 12.9. The zero-order valence-corrected chi connectivity index (χ0v) is 39.1. The Morgan fingerprint density at radius 2 is 0.594 bits per heavy atom. The number of benzene rings is 7. The first-order valence-corrected chi connectivity index (χ1v) is 23.4. The van der Waals surface area contributed by atoms with Crippen molar-refractivity contribution in [2.75, 3.05) is 16.0 Å². The molecule has 0 aliphatic carbocycles. The number of pyridine rings is 3. The molecule has 0 spiro atoms. The first-order chi connectivity index (χ1) is 33.9. The van der Waals surface area contributed by atoms with Crippen LogP contribution in [-0.2, 0) is 39.5 Å². The molecule has 0 bridgehead atoms. The third-order valence-electron chi connectivity index (χ3n) is 12.9. The van der Waals surface area contributed by atoms with Gasteiger partial charge in [0.05, 0.1) is 17.1 Å². The van der Waals surface area contributed by atoms with E-state index >= 15 is 0 Å². The molecule has 0 aliphatic heterocycles. The molecule has 7 aromatic carbocycles. The van der Waals surface area contributed by atoms with Gasteiger partial charge in [-0.2, -0.15) is 0 Å². The second-order valence-corrected chi connectivity index (χ2v) is 17.2. The van der Waals surface area contributed by atoms with Crippen molar-refractivity contribution in [3.8, 4) is 17.2 Å². The van der Waals surface area contributed by atoms with Crippen LogP contribution in [0.1, 0.15) is 50.5 Å². The second kappa shape index (κ2) is 20.6. The van der Waals surface area contributed by atoms with E-state index in [0.29, 0.717) is 39.5 Å². The molecule has 9 heteroatoms. The topological polar surface area (TPSA) is 102 Å². The van der Waals surface area contributed by atoms with Crippen LogP contribution in [0.5, 0.6) is 17.2 Å². The van der Waals surface area contributed by atoms with Crippen LogP contribution < -0.4 is 30.2 Å². The summed E-state index contributed by atoms with van der Waals surface area (Å²) in [5.41, 5.74) is 9.80. The van der Waals surface area contributed by atoms with E-state index in [0.717, 1.165) is 84.1 Å². The maximum Gasteiger partial charge on any atom is 0.130 e. The lowest BCUT2D eigenvalue weighted by Crippen LogP contribution is -2.16. The number of hydrogen-bond donors (Lipinski definition) is 3. The van der Waals surface area contributed by atoms with Gasteiger partial charge in [0, 0.05) is 35.8 Å². The molecule has 3 aromatic heterocycles. The summed E-state index contributed by atoms with van der Waals surface area (Å²) in [6.07, 6.45) is 0. The van der Waals surface area contributed by atoms with Gasteiger partial charge in [0.1, 0.15) is 54.5 Å². The van der Waals surface area contributed by atoms with Gasteiger partial charge in [-0.05, 0) is 125 Å². The molecule has 0 amide bonds. The van der Waals surface area contributed by atoms with Crippen molar-refractivity contribution in [1.82, 2.24) is 15.0 Å². The fraction of sp³-hybridized carbons (Fsp3) is 0.150. The van der Waals surface area contributed by atoms with Crippen LogP contribution in [0.2, 0.25) is 0 Å². The largest absolute Gasteiger partial charge is 0.487 e. The van der Waals surface area contributed by atoms with Crippen molar-refractivity contribution >= 4 is 49.8 Å². The lowest BCUT2D eigenvalue weighted by Gasteiger charge is -2.24.